The van der Waals surface area contributed by atoms with Crippen LogP contribution in [0.4, 0.5) is 4.39 Å². The van der Waals surface area contributed by atoms with Crippen molar-refractivity contribution in [1.82, 2.24) is 4.90 Å². The molecule has 1 amide bonds. The first-order valence-electron chi connectivity index (χ1n) is 11.1. The number of hydrogen-bond acceptors (Lipinski definition) is 4. The third kappa shape index (κ3) is 4.71. The number of benzene rings is 3. The first-order valence-corrected chi connectivity index (χ1v) is 11.1. The van der Waals surface area contributed by atoms with Crippen LogP contribution >= 0.6 is 0 Å². The molecule has 4 rings (SSSR count). The number of ether oxygens (including phenoxy) is 1. The zero-order chi connectivity index (χ0) is 24.4. The van der Waals surface area contributed by atoms with Gasteiger partial charge in [-0.3, -0.25) is 9.59 Å². The predicted octanol–water partition coefficient (Wildman–Crippen LogP) is 5.54. The topological polar surface area (TPSA) is 66.8 Å². The van der Waals surface area contributed by atoms with Crippen LogP contribution in [0.3, 0.4) is 0 Å². The van der Waals surface area contributed by atoms with Gasteiger partial charge in [0.15, 0.2) is 0 Å². The number of halogens is 1. The normalized spacial score (nSPS) is 17.4. The quantitative estimate of drug-likeness (QED) is 0.298. The number of amides is 1. The number of nitrogens with zero attached hydrogens (tertiary/aromatic N) is 1. The van der Waals surface area contributed by atoms with Crippen LogP contribution in [0.5, 0.6) is 5.75 Å². The molecule has 1 heterocycles. The molecule has 0 saturated carbocycles. The molecule has 1 aliphatic rings. The molecular weight excluding hydrogens is 433 g/mol. The van der Waals surface area contributed by atoms with Crippen molar-refractivity contribution in [2.45, 2.75) is 39.5 Å². The van der Waals surface area contributed by atoms with E-state index in [0.29, 0.717) is 22.4 Å². The highest BCUT2D eigenvalue weighted by molar-refractivity contribution is 6.46. The minimum atomic E-state index is -0.781. The van der Waals surface area contributed by atoms with Crippen LogP contribution in [-0.4, -0.2) is 27.8 Å². The molecule has 3 aromatic carbocycles. The lowest BCUT2D eigenvalue weighted by Gasteiger charge is -2.25. The number of aryl methyl sites for hydroxylation is 1. The minimum Gasteiger partial charge on any atom is -0.507 e. The second kappa shape index (κ2) is 9.51. The third-order valence-corrected chi connectivity index (χ3v) is 5.66. The molecule has 0 radical (unpaired) electrons. The highest BCUT2D eigenvalue weighted by Gasteiger charge is 2.46. The van der Waals surface area contributed by atoms with Crippen LogP contribution in [0, 0.1) is 12.7 Å². The summed E-state index contributed by atoms with van der Waals surface area (Å²) >= 11 is 0. The van der Waals surface area contributed by atoms with Gasteiger partial charge in [-0.25, -0.2) is 4.39 Å². The molecule has 0 aliphatic carbocycles. The van der Waals surface area contributed by atoms with Crippen LogP contribution in [-0.2, 0) is 16.1 Å². The van der Waals surface area contributed by atoms with E-state index in [-0.39, 0.29) is 29.8 Å². The number of aliphatic hydroxyl groups excluding tert-OH is 1. The smallest absolute Gasteiger partial charge is 0.295 e. The van der Waals surface area contributed by atoms with Gasteiger partial charge in [0.1, 0.15) is 17.3 Å². The lowest BCUT2D eigenvalue weighted by Crippen LogP contribution is -2.29. The van der Waals surface area contributed by atoms with Crippen molar-refractivity contribution in [2.75, 3.05) is 0 Å². The van der Waals surface area contributed by atoms with Crippen molar-refractivity contribution < 1.29 is 23.8 Å². The summed E-state index contributed by atoms with van der Waals surface area (Å²) in [5.41, 5.74) is 2.78. The van der Waals surface area contributed by atoms with Gasteiger partial charge >= 0.3 is 0 Å². The van der Waals surface area contributed by atoms with Crippen molar-refractivity contribution >= 4 is 17.4 Å². The number of ketones is 1. The van der Waals surface area contributed by atoms with Crippen LogP contribution in [0.2, 0.25) is 0 Å². The molecule has 0 bridgehead atoms. The van der Waals surface area contributed by atoms with Crippen LogP contribution in [0.25, 0.3) is 5.76 Å². The van der Waals surface area contributed by atoms with Crippen molar-refractivity contribution in [2.24, 2.45) is 0 Å². The number of carbonyl (C=O) groups is 2. The first-order chi connectivity index (χ1) is 16.2. The zero-order valence-corrected chi connectivity index (χ0v) is 19.3. The van der Waals surface area contributed by atoms with Gasteiger partial charge in [0, 0.05) is 12.1 Å². The van der Waals surface area contributed by atoms with Gasteiger partial charge in [0.25, 0.3) is 11.7 Å². The van der Waals surface area contributed by atoms with Gasteiger partial charge < -0.3 is 14.7 Å². The molecule has 6 heteroatoms. The Kier molecular flexibility index (Phi) is 6.50. The molecule has 34 heavy (non-hydrogen) atoms. The Labute approximate surface area is 198 Å². The molecule has 1 saturated heterocycles. The molecule has 5 nitrogen and oxygen atoms in total. The molecule has 1 aliphatic heterocycles. The Morgan fingerprint density at radius 2 is 1.71 bits per heavy atom. The summed E-state index contributed by atoms with van der Waals surface area (Å²) in [6, 6.07) is 19.2. The number of rotatable bonds is 6. The third-order valence-electron chi connectivity index (χ3n) is 5.66. The van der Waals surface area contributed by atoms with E-state index < -0.39 is 17.7 Å². The summed E-state index contributed by atoms with van der Waals surface area (Å²) in [6.07, 6.45) is -0.00227. The Balaban J connectivity index is 1.80. The van der Waals surface area contributed by atoms with Gasteiger partial charge in [-0.2, -0.15) is 0 Å². The standard InChI is InChI=1S/C28H26FNO4/c1-17(2)34-23-13-9-20(10-14-23)26(31)24-25(21-6-4-5-18(3)15-21)30(28(33)27(24)32)16-19-7-11-22(29)12-8-19/h4-15,17,25,31H,16H2,1-3H3/b26-24-. The molecule has 1 unspecified atom stereocenters. The Hall–Kier alpha value is -3.93. The number of carbonyl (C=O) groups excluding carboxylic acids is 2. The summed E-state index contributed by atoms with van der Waals surface area (Å²) in [7, 11) is 0. The van der Waals surface area contributed by atoms with E-state index in [0.717, 1.165) is 5.56 Å². The fourth-order valence-electron chi connectivity index (χ4n) is 4.14. The minimum absolute atomic E-state index is 0.00227. The maximum absolute atomic E-state index is 13.4. The lowest BCUT2D eigenvalue weighted by molar-refractivity contribution is -0.140. The van der Waals surface area contributed by atoms with E-state index in [1.165, 1.54) is 17.0 Å². The first kappa shape index (κ1) is 23.2. The SMILES string of the molecule is Cc1cccc(C2/C(=C(/O)c3ccc(OC(C)C)cc3)C(=O)C(=O)N2Cc2ccc(F)cc2)c1. The van der Waals surface area contributed by atoms with E-state index in [2.05, 4.69) is 0 Å². The Morgan fingerprint density at radius 3 is 2.32 bits per heavy atom. The van der Waals surface area contributed by atoms with Crippen molar-refractivity contribution in [3.8, 4) is 5.75 Å². The van der Waals surface area contributed by atoms with E-state index in [4.69, 9.17) is 4.74 Å². The molecule has 1 N–H and O–H groups in total. The maximum Gasteiger partial charge on any atom is 0.295 e. The van der Waals surface area contributed by atoms with Gasteiger partial charge in [0.05, 0.1) is 17.7 Å². The molecule has 1 fully saturated rings. The van der Waals surface area contributed by atoms with Crippen LogP contribution < -0.4 is 4.74 Å². The molecule has 0 aromatic heterocycles. The highest BCUT2D eigenvalue weighted by atomic mass is 19.1. The predicted molar refractivity (Wildman–Crippen MR) is 128 cm³/mol. The molecule has 0 spiro atoms. The van der Waals surface area contributed by atoms with Gasteiger partial charge in [0.2, 0.25) is 0 Å². The fourth-order valence-corrected chi connectivity index (χ4v) is 4.14. The van der Waals surface area contributed by atoms with Gasteiger partial charge in [-0.05, 0) is 68.3 Å². The van der Waals surface area contributed by atoms with Crippen LogP contribution in [0.15, 0.2) is 78.4 Å². The van der Waals surface area contributed by atoms with E-state index >= 15 is 0 Å². The van der Waals surface area contributed by atoms with Gasteiger partial charge in [-0.15, -0.1) is 0 Å². The number of Topliss-reactive ketones (excluding diaryl/α,β-unsaturated/α-hetero) is 1. The highest BCUT2D eigenvalue weighted by Crippen LogP contribution is 2.40. The van der Waals surface area contributed by atoms with Crippen molar-refractivity contribution in [3.63, 3.8) is 0 Å². The zero-order valence-electron chi connectivity index (χ0n) is 19.3. The van der Waals surface area contributed by atoms with E-state index in [9.17, 15) is 19.1 Å². The maximum atomic E-state index is 13.4. The van der Waals surface area contributed by atoms with E-state index in [1.807, 2.05) is 45.0 Å². The number of aliphatic hydroxyl groups is 1. The second-order valence-electron chi connectivity index (χ2n) is 8.66. The van der Waals surface area contributed by atoms with Gasteiger partial charge in [-0.1, -0.05) is 42.0 Å². The fraction of sp³-hybridized carbons (Fsp3) is 0.214. The van der Waals surface area contributed by atoms with Crippen molar-refractivity contribution in [1.29, 1.82) is 0 Å². The summed E-state index contributed by atoms with van der Waals surface area (Å²) in [5.74, 6) is -1.46. The molecule has 3 aromatic rings. The average molecular weight is 460 g/mol. The Morgan fingerprint density at radius 1 is 1.03 bits per heavy atom. The molecule has 174 valence electrons. The molecular formula is C28H26FNO4. The molecule has 1 atom stereocenters. The number of likely N-dealkylation sites (tertiary alicyclic amines) is 1. The summed E-state index contributed by atoms with van der Waals surface area (Å²) in [5, 5.41) is 11.2. The second-order valence-corrected chi connectivity index (χ2v) is 8.66. The lowest BCUT2D eigenvalue weighted by atomic mass is 9.94. The van der Waals surface area contributed by atoms with E-state index in [1.54, 1.807) is 36.4 Å². The summed E-state index contributed by atoms with van der Waals surface area (Å²) < 4.78 is 19.0. The van der Waals surface area contributed by atoms with Crippen molar-refractivity contribution in [3.05, 3.63) is 106 Å². The van der Waals surface area contributed by atoms with Crippen LogP contribution in [0.1, 0.15) is 42.1 Å². The summed E-state index contributed by atoms with van der Waals surface area (Å²) in [4.78, 5) is 27.7. The largest absolute Gasteiger partial charge is 0.507 e. The Bertz CT molecular complexity index is 1250. The monoisotopic (exact) mass is 459 g/mol. The average Bonchev–Trinajstić information content (AvgIpc) is 3.05. The number of hydrogen-bond donors (Lipinski definition) is 1. The summed E-state index contributed by atoms with van der Waals surface area (Å²) in [6.45, 7) is 5.85.